The predicted octanol–water partition coefficient (Wildman–Crippen LogP) is 2.23. The fourth-order valence-electron chi connectivity index (χ4n) is 2.50. The summed E-state index contributed by atoms with van der Waals surface area (Å²) < 4.78 is 0. The third-order valence-corrected chi connectivity index (χ3v) is 4.58. The van der Waals surface area contributed by atoms with E-state index in [1.807, 2.05) is 6.92 Å². The second-order valence-electron chi connectivity index (χ2n) is 4.75. The minimum atomic E-state index is 0.357. The van der Waals surface area contributed by atoms with Crippen LogP contribution < -0.4 is 11.1 Å². The van der Waals surface area contributed by atoms with Gasteiger partial charge in [0.15, 0.2) is 0 Å². The Morgan fingerprint density at radius 2 is 2.44 bits per heavy atom. The smallest absolute Gasteiger partial charge is 0.110 e. The lowest BCUT2D eigenvalue weighted by Crippen LogP contribution is -2.37. The fourth-order valence-corrected chi connectivity index (χ4v) is 3.31. The lowest BCUT2D eigenvalue weighted by molar-refractivity contribution is 0.373. The summed E-state index contributed by atoms with van der Waals surface area (Å²) in [5, 5.41) is 6.99. The van der Waals surface area contributed by atoms with Gasteiger partial charge in [-0.25, -0.2) is 4.98 Å². The van der Waals surface area contributed by atoms with Gasteiger partial charge in [-0.15, -0.1) is 11.3 Å². The molecule has 3 unspecified atom stereocenters. The van der Waals surface area contributed by atoms with Crippen molar-refractivity contribution in [1.29, 1.82) is 0 Å². The van der Waals surface area contributed by atoms with E-state index in [1.54, 1.807) is 11.3 Å². The van der Waals surface area contributed by atoms with Crippen LogP contribution in [0.15, 0.2) is 5.38 Å². The minimum absolute atomic E-state index is 0.357. The predicted molar refractivity (Wildman–Crippen MR) is 68.6 cm³/mol. The highest BCUT2D eigenvalue weighted by atomic mass is 32.1. The molecule has 1 saturated carbocycles. The Morgan fingerprint density at radius 1 is 1.62 bits per heavy atom. The van der Waals surface area contributed by atoms with E-state index in [0.29, 0.717) is 18.0 Å². The van der Waals surface area contributed by atoms with Crippen LogP contribution >= 0.6 is 11.3 Å². The molecular weight excluding hydrogens is 218 g/mol. The maximum atomic E-state index is 5.79. The maximum Gasteiger partial charge on any atom is 0.110 e. The molecule has 0 bridgehead atoms. The molecule has 1 aliphatic rings. The largest absolute Gasteiger partial charge is 0.330 e. The Bertz CT molecular complexity index is 337. The maximum absolute atomic E-state index is 5.79. The average molecular weight is 239 g/mol. The highest BCUT2D eigenvalue weighted by Gasteiger charge is 2.27. The number of rotatable bonds is 4. The highest BCUT2D eigenvalue weighted by Crippen LogP contribution is 2.27. The molecule has 2 rings (SSSR count). The molecule has 0 amide bonds. The molecule has 0 radical (unpaired) electrons. The van der Waals surface area contributed by atoms with E-state index >= 15 is 0 Å². The van der Waals surface area contributed by atoms with Crippen LogP contribution in [0, 0.1) is 12.8 Å². The van der Waals surface area contributed by atoms with Crippen molar-refractivity contribution in [2.45, 2.75) is 45.2 Å². The molecule has 1 aromatic heterocycles. The number of nitrogens with zero attached hydrogens (tertiary/aromatic N) is 1. The lowest BCUT2D eigenvalue weighted by atomic mass is 10.0. The van der Waals surface area contributed by atoms with Gasteiger partial charge in [0.2, 0.25) is 0 Å². The van der Waals surface area contributed by atoms with Gasteiger partial charge in [-0.05, 0) is 39.2 Å². The molecule has 1 fully saturated rings. The van der Waals surface area contributed by atoms with Crippen LogP contribution in [0.2, 0.25) is 0 Å². The van der Waals surface area contributed by atoms with Crippen molar-refractivity contribution in [2.24, 2.45) is 11.7 Å². The number of nitrogens with two attached hydrogens (primary N) is 1. The van der Waals surface area contributed by atoms with Crippen molar-refractivity contribution < 1.29 is 0 Å². The van der Waals surface area contributed by atoms with Crippen LogP contribution in [-0.2, 0) is 0 Å². The monoisotopic (exact) mass is 239 g/mol. The van der Waals surface area contributed by atoms with Gasteiger partial charge in [0.25, 0.3) is 0 Å². The summed E-state index contributed by atoms with van der Waals surface area (Å²) in [6.07, 6.45) is 3.84. The Balaban J connectivity index is 1.94. The molecule has 16 heavy (non-hydrogen) atoms. The standard InChI is InChI=1S/C12H21N3S/c1-8-7-16-12(14-8)9(2)15-11-5-3-4-10(11)6-13/h7,9-11,15H,3-6,13H2,1-2H3. The van der Waals surface area contributed by atoms with Crippen LogP contribution in [0.25, 0.3) is 0 Å². The van der Waals surface area contributed by atoms with Crippen molar-refractivity contribution >= 4 is 11.3 Å². The highest BCUT2D eigenvalue weighted by molar-refractivity contribution is 7.09. The molecule has 3 atom stereocenters. The molecular formula is C12H21N3S. The Kier molecular flexibility index (Phi) is 3.95. The molecule has 1 heterocycles. The van der Waals surface area contributed by atoms with Gasteiger partial charge in [-0.3, -0.25) is 0 Å². The van der Waals surface area contributed by atoms with Crippen molar-refractivity contribution in [3.8, 4) is 0 Å². The summed E-state index contributed by atoms with van der Waals surface area (Å²) in [7, 11) is 0. The molecule has 0 saturated heterocycles. The molecule has 1 aliphatic carbocycles. The normalized spacial score (nSPS) is 27.2. The Labute approximate surface area is 101 Å². The van der Waals surface area contributed by atoms with Crippen LogP contribution in [0.4, 0.5) is 0 Å². The van der Waals surface area contributed by atoms with E-state index in [-0.39, 0.29) is 0 Å². The third kappa shape index (κ3) is 2.62. The number of thiazole rings is 1. The zero-order valence-corrected chi connectivity index (χ0v) is 10.9. The van der Waals surface area contributed by atoms with Crippen LogP contribution in [0.5, 0.6) is 0 Å². The van der Waals surface area contributed by atoms with Crippen molar-refractivity contribution in [2.75, 3.05) is 6.54 Å². The molecule has 4 heteroatoms. The van der Waals surface area contributed by atoms with Gasteiger partial charge in [0.05, 0.1) is 6.04 Å². The van der Waals surface area contributed by atoms with Crippen molar-refractivity contribution in [3.63, 3.8) is 0 Å². The van der Waals surface area contributed by atoms with Gasteiger partial charge in [-0.2, -0.15) is 0 Å². The number of aryl methyl sites for hydroxylation is 1. The van der Waals surface area contributed by atoms with E-state index in [2.05, 4.69) is 22.6 Å². The fraction of sp³-hybridized carbons (Fsp3) is 0.750. The summed E-state index contributed by atoms with van der Waals surface area (Å²) >= 11 is 1.74. The van der Waals surface area contributed by atoms with Crippen LogP contribution in [0.1, 0.15) is 42.9 Å². The van der Waals surface area contributed by atoms with Crippen molar-refractivity contribution in [1.82, 2.24) is 10.3 Å². The van der Waals surface area contributed by atoms with E-state index in [0.717, 1.165) is 12.2 Å². The van der Waals surface area contributed by atoms with Crippen LogP contribution in [0.3, 0.4) is 0 Å². The molecule has 0 aliphatic heterocycles. The topological polar surface area (TPSA) is 50.9 Å². The summed E-state index contributed by atoms with van der Waals surface area (Å²) in [6.45, 7) is 5.05. The third-order valence-electron chi connectivity index (χ3n) is 3.43. The molecule has 90 valence electrons. The number of hydrogen-bond donors (Lipinski definition) is 2. The van der Waals surface area contributed by atoms with E-state index < -0.39 is 0 Å². The first-order valence-corrected chi connectivity index (χ1v) is 6.97. The van der Waals surface area contributed by atoms with Gasteiger partial charge in [-0.1, -0.05) is 6.42 Å². The molecule has 3 nitrogen and oxygen atoms in total. The van der Waals surface area contributed by atoms with Crippen LogP contribution in [-0.4, -0.2) is 17.6 Å². The number of nitrogens with one attached hydrogen (secondary N) is 1. The lowest BCUT2D eigenvalue weighted by Gasteiger charge is -2.23. The first-order chi connectivity index (χ1) is 7.70. The summed E-state index contributed by atoms with van der Waals surface area (Å²) in [5.41, 5.74) is 6.91. The first-order valence-electron chi connectivity index (χ1n) is 6.09. The van der Waals surface area contributed by atoms with E-state index in [1.165, 1.54) is 24.3 Å². The van der Waals surface area contributed by atoms with Gasteiger partial charge in [0, 0.05) is 17.1 Å². The van der Waals surface area contributed by atoms with E-state index in [4.69, 9.17) is 5.73 Å². The molecule has 0 spiro atoms. The minimum Gasteiger partial charge on any atom is -0.330 e. The molecule has 3 N–H and O–H groups in total. The van der Waals surface area contributed by atoms with Gasteiger partial charge >= 0.3 is 0 Å². The molecule has 0 aromatic carbocycles. The first kappa shape index (κ1) is 12.0. The summed E-state index contributed by atoms with van der Waals surface area (Å²) in [5.74, 6) is 0.656. The summed E-state index contributed by atoms with van der Waals surface area (Å²) in [6, 6.07) is 0.944. The molecule has 1 aromatic rings. The Morgan fingerprint density at radius 3 is 3.06 bits per heavy atom. The van der Waals surface area contributed by atoms with E-state index in [9.17, 15) is 0 Å². The summed E-state index contributed by atoms with van der Waals surface area (Å²) in [4.78, 5) is 4.53. The second-order valence-corrected chi connectivity index (χ2v) is 5.64. The second kappa shape index (κ2) is 5.25. The average Bonchev–Trinajstić information content (AvgIpc) is 2.86. The quantitative estimate of drug-likeness (QED) is 0.847. The number of aromatic nitrogens is 1. The Hall–Kier alpha value is -0.450. The zero-order valence-electron chi connectivity index (χ0n) is 10.1. The zero-order chi connectivity index (χ0) is 11.5. The number of hydrogen-bond acceptors (Lipinski definition) is 4. The van der Waals surface area contributed by atoms with Gasteiger partial charge in [0.1, 0.15) is 5.01 Å². The SMILES string of the molecule is Cc1csc(C(C)NC2CCCC2CN)n1. The van der Waals surface area contributed by atoms with Gasteiger partial charge < -0.3 is 11.1 Å². The van der Waals surface area contributed by atoms with Crippen molar-refractivity contribution in [3.05, 3.63) is 16.1 Å².